The average molecular weight is 486 g/mol. The zero-order valence-corrected chi connectivity index (χ0v) is 21.7. The van der Waals surface area contributed by atoms with Crippen molar-refractivity contribution in [3.05, 3.63) is 100 Å². The Morgan fingerprint density at radius 2 is 1.81 bits per heavy atom. The van der Waals surface area contributed by atoms with Crippen molar-refractivity contribution in [2.24, 2.45) is 5.16 Å². The van der Waals surface area contributed by atoms with Gasteiger partial charge in [-0.05, 0) is 69.0 Å². The molecule has 1 amide bonds. The highest BCUT2D eigenvalue weighted by Crippen LogP contribution is 2.34. The number of ether oxygens (including phenoxy) is 1. The lowest BCUT2D eigenvalue weighted by Gasteiger charge is -2.40. The van der Waals surface area contributed by atoms with E-state index in [2.05, 4.69) is 59.5 Å². The number of aromatic nitrogens is 1. The van der Waals surface area contributed by atoms with Crippen molar-refractivity contribution in [3.63, 3.8) is 0 Å². The lowest BCUT2D eigenvalue weighted by atomic mass is 9.82. The fraction of sp³-hybridized carbons (Fsp3) is 0.367. The van der Waals surface area contributed by atoms with Crippen LogP contribution in [0.15, 0.2) is 72.0 Å². The third-order valence-corrected chi connectivity index (χ3v) is 6.66. The van der Waals surface area contributed by atoms with Crippen molar-refractivity contribution in [1.82, 2.24) is 9.88 Å². The number of carbonyl (C=O) groups is 1. The first-order chi connectivity index (χ1) is 17.1. The molecule has 1 aliphatic rings. The van der Waals surface area contributed by atoms with E-state index in [0.717, 1.165) is 16.8 Å². The number of nitrogens with zero attached hydrogens (tertiary/aromatic N) is 3. The van der Waals surface area contributed by atoms with Gasteiger partial charge in [-0.15, -0.1) is 0 Å². The van der Waals surface area contributed by atoms with Crippen molar-refractivity contribution < 1.29 is 14.7 Å². The summed E-state index contributed by atoms with van der Waals surface area (Å²) < 4.78 is 5.48. The number of oxime groups is 1. The van der Waals surface area contributed by atoms with Crippen LogP contribution >= 0.6 is 0 Å². The van der Waals surface area contributed by atoms with Gasteiger partial charge in [0.05, 0.1) is 5.71 Å². The fourth-order valence-corrected chi connectivity index (χ4v) is 4.69. The molecule has 0 saturated carbocycles. The van der Waals surface area contributed by atoms with E-state index < -0.39 is 5.60 Å². The summed E-state index contributed by atoms with van der Waals surface area (Å²) in [5.41, 5.74) is 6.66. The number of aryl methyl sites for hydroxylation is 2. The summed E-state index contributed by atoms with van der Waals surface area (Å²) in [5, 5.41) is 13.6. The molecule has 0 spiro atoms. The van der Waals surface area contributed by atoms with Gasteiger partial charge in [-0.2, -0.15) is 0 Å². The monoisotopic (exact) mass is 485 g/mol. The Morgan fingerprint density at radius 1 is 1.11 bits per heavy atom. The van der Waals surface area contributed by atoms with E-state index in [-0.39, 0.29) is 12.0 Å². The minimum absolute atomic E-state index is 0.0271. The summed E-state index contributed by atoms with van der Waals surface area (Å²) in [6.07, 6.45) is 2.05. The van der Waals surface area contributed by atoms with Gasteiger partial charge in [0.15, 0.2) is 0 Å². The Hall–Kier alpha value is -3.67. The molecule has 1 aliphatic heterocycles. The topological polar surface area (TPSA) is 75.0 Å². The van der Waals surface area contributed by atoms with Gasteiger partial charge in [0.25, 0.3) is 0 Å². The number of hydrogen-bond donors (Lipinski definition) is 1. The molecule has 4 rings (SSSR count). The van der Waals surface area contributed by atoms with E-state index in [1.54, 1.807) is 11.1 Å². The van der Waals surface area contributed by atoms with Crippen molar-refractivity contribution >= 4 is 11.8 Å². The molecule has 188 valence electrons. The number of amides is 1. The van der Waals surface area contributed by atoms with Crippen LogP contribution in [0, 0.1) is 13.8 Å². The number of benzene rings is 2. The molecule has 2 heterocycles. The summed E-state index contributed by atoms with van der Waals surface area (Å²) in [5.74, 6) is 0.331. The SMILES string of the molecule is Cc1cc(/C(CC(c2ccc(C3CN(C(=O)OC(C)(C)C)C3)cc2)c2ccccc2C)=N\O)ccn1. The van der Waals surface area contributed by atoms with Crippen molar-refractivity contribution in [1.29, 1.82) is 0 Å². The van der Waals surface area contributed by atoms with Crippen LogP contribution in [0.3, 0.4) is 0 Å². The maximum atomic E-state index is 12.3. The van der Waals surface area contributed by atoms with E-state index in [9.17, 15) is 10.0 Å². The molecule has 3 aromatic rings. The van der Waals surface area contributed by atoms with Crippen LogP contribution in [0.5, 0.6) is 0 Å². The van der Waals surface area contributed by atoms with Crippen LogP contribution in [-0.2, 0) is 4.74 Å². The summed E-state index contributed by atoms with van der Waals surface area (Å²) in [6, 6.07) is 20.8. The number of pyridine rings is 1. The van der Waals surface area contributed by atoms with Crippen LogP contribution in [0.4, 0.5) is 4.79 Å². The van der Waals surface area contributed by atoms with Gasteiger partial charge in [-0.25, -0.2) is 4.79 Å². The van der Waals surface area contributed by atoms with Gasteiger partial charge >= 0.3 is 6.09 Å². The van der Waals surface area contributed by atoms with Crippen molar-refractivity contribution in [2.75, 3.05) is 13.1 Å². The minimum atomic E-state index is -0.486. The van der Waals surface area contributed by atoms with Gasteiger partial charge in [-0.1, -0.05) is 53.7 Å². The van der Waals surface area contributed by atoms with Gasteiger partial charge in [0.1, 0.15) is 5.60 Å². The van der Waals surface area contributed by atoms with E-state index in [1.165, 1.54) is 16.7 Å². The first-order valence-corrected chi connectivity index (χ1v) is 12.4. The summed E-state index contributed by atoms with van der Waals surface area (Å²) in [4.78, 5) is 18.3. The standard InChI is InChI=1S/C30H35N3O3/c1-20-8-6-7-9-26(20)27(17-28(32-35)24-14-15-31-21(2)16-24)23-12-10-22(11-13-23)25-18-33(19-25)29(34)36-30(3,4)5/h6-16,25,27,35H,17-19H2,1-5H3/b32-28-. The third kappa shape index (κ3) is 5.93. The number of likely N-dealkylation sites (tertiary alicyclic amines) is 1. The van der Waals surface area contributed by atoms with Gasteiger partial charge < -0.3 is 14.8 Å². The second-order valence-corrected chi connectivity index (χ2v) is 10.6. The summed E-state index contributed by atoms with van der Waals surface area (Å²) >= 11 is 0. The van der Waals surface area contributed by atoms with E-state index in [4.69, 9.17) is 4.74 Å². The quantitative estimate of drug-likeness (QED) is 0.248. The molecule has 0 radical (unpaired) electrons. The highest BCUT2D eigenvalue weighted by atomic mass is 16.6. The molecule has 36 heavy (non-hydrogen) atoms. The van der Waals surface area contributed by atoms with E-state index >= 15 is 0 Å². The zero-order valence-electron chi connectivity index (χ0n) is 21.7. The summed E-state index contributed by atoms with van der Waals surface area (Å²) in [7, 11) is 0. The van der Waals surface area contributed by atoms with Crippen LogP contribution in [-0.4, -0.2) is 45.6 Å². The van der Waals surface area contributed by atoms with E-state index in [1.807, 2.05) is 45.9 Å². The van der Waals surface area contributed by atoms with Gasteiger partial charge in [-0.3, -0.25) is 4.98 Å². The Labute approximate surface area is 213 Å². The fourth-order valence-electron chi connectivity index (χ4n) is 4.69. The molecule has 0 bridgehead atoms. The largest absolute Gasteiger partial charge is 0.444 e. The Morgan fingerprint density at radius 3 is 2.42 bits per heavy atom. The van der Waals surface area contributed by atoms with Crippen molar-refractivity contribution in [2.45, 2.75) is 58.5 Å². The van der Waals surface area contributed by atoms with Crippen LogP contribution < -0.4 is 0 Å². The molecule has 1 saturated heterocycles. The van der Waals surface area contributed by atoms with E-state index in [0.29, 0.717) is 31.1 Å². The molecule has 1 atom stereocenters. The first-order valence-electron chi connectivity index (χ1n) is 12.4. The molecule has 6 heteroatoms. The van der Waals surface area contributed by atoms with Gasteiger partial charge in [0, 0.05) is 48.8 Å². The maximum Gasteiger partial charge on any atom is 0.410 e. The van der Waals surface area contributed by atoms with Crippen LogP contribution in [0.1, 0.15) is 72.5 Å². The average Bonchev–Trinajstić information content (AvgIpc) is 2.79. The molecule has 1 unspecified atom stereocenters. The van der Waals surface area contributed by atoms with Crippen molar-refractivity contribution in [3.8, 4) is 0 Å². The molecule has 6 nitrogen and oxygen atoms in total. The summed E-state index contributed by atoms with van der Waals surface area (Å²) in [6.45, 7) is 11.0. The number of hydrogen-bond acceptors (Lipinski definition) is 5. The molecule has 1 N–H and O–H groups in total. The Bertz CT molecular complexity index is 1240. The first kappa shape index (κ1) is 25.4. The minimum Gasteiger partial charge on any atom is -0.444 e. The molecule has 0 aliphatic carbocycles. The predicted octanol–water partition coefficient (Wildman–Crippen LogP) is 6.43. The number of carbonyl (C=O) groups excluding carboxylic acids is 1. The smallest absolute Gasteiger partial charge is 0.410 e. The zero-order chi connectivity index (χ0) is 25.9. The molecular formula is C30H35N3O3. The maximum absolute atomic E-state index is 12.3. The molecule has 1 aromatic heterocycles. The molecular weight excluding hydrogens is 450 g/mol. The Kier molecular flexibility index (Phi) is 7.43. The predicted molar refractivity (Wildman–Crippen MR) is 142 cm³/mol. The molecule has 1 fully saturated rings. The Balaban J connectivity index is 1.54. The molecule has 2 aromatic carbocycles. The lowest BCUT2D eigenvalue weighted by molar-refractivity contribution is 0.00819. The number of rotatable bonds is 6. The van der Waals surface area contributed by atoms with Gasteiger partial charge in [0.2, 0.25) is 0 Å². The second kappa shape index (κ2) is 10.5. The van der Waals surface area contributed by atoms with Crippen LogP contribution in [0.25, 0.3) is 0 Å². The second-order valence-electron chi connectivity index (χ2n) is 10.6. The highest BCUT2D eigenvalue weighted by Gasteiger charge is 2.34. The highest BCUT2D eigenvalue weighted by molar-refractivity contribution is 6.01. The van der Waals surface area contributed by atoms with Crippen LogP contribution in [0.2, 0.25) is 0 Å². The lowest BCUT2D eigenvalue weighted by Crippen LogP contribution is -2.50. The third-order valence-electron chi connectivity index (χ3n) is 6.66. The normalized spacial score (nSPS) is 15.4.